The molecule has 0 radical (unpaired) electrons. The lowest BCUT2D eigenvalue weighted by molar-refractivity contribution is 0.102. The maximum atomic E-state index is 12.4. The topological polar surface area (TPSA) is 57.8 Å². The van der Waals surface area contributed by atoms with Gasteiger partial charge in [-0.05, 0) is 40.2 Å². The molecule has 0 fully saturated rings. The summed E-state index contributed by atoms with van der Waals surface area (Å²) in [6, 6.07) is 11.1. The Labute approximate surface area is 131 Å². The Balaban J connectivity index is 1.96. The van der Waals surface area contributed by atoms with Gasteiger partial charge in [-0.2, -0.15) is 5.10 Å². The molecule has 0 bridgehead atoms. The first-order chi connectivity index (χ1) is 9.65. The highest BCUT2D eigenvalue weighted by Gasteiger charge is 2.12. The van der Waals surface area contributed by atoms with Crippen LogP contribution in [-0.2, 0) is 0 Å². The lowest BCUT2D eigenvalue weighted by Gasteiger charge is -2.08. The van der Waals surface area contributed by atoms with Crippen LogP contribution >= 0.6 is 31.9 Å². The van der Waals surface area contributed by atoms with Crippen molar-refractivity contribution in [3.63, 3.8) is 0 Å². The molecule has 3 aromatic rings. The Morgan fingerprint density at radius 2 is 2.05 bits per heavy atom. The number of halogens is 2. The van der Waals surface area contributed by atoms with Gasteiger partial charge in [0.15, 0.2) is 0 Å². The fourth-order valence-electron chi connectivity index (χ4n) is 1.93. The van der Waals surface area contributed by atoms with E-state index in [9.17, 15) is 4.79 Å². The van der Waals surface area contributed by atoms with Crippen LogP contribution < -0.4 is 5.32 Å². The number of fused-ring (bicyclic) bond motifs is 1. The van der Waals surface area contributed by atoms with Crippen molar-refractivity contribution in [2.75, 3.05) is 5.32 Å². The molecule has 2 N–H and O–H groups in total. The van der Waals surface area contributed by atoms with Gasteiger partial charge in [-0.1, -0.05) is 28.1 Å². The molecule has 100 valence electrons. The summed E-state index contributed by atoms with van der Waals surface area (Å²) in [6.45, 7) is 0. The zero-order valence-corrected chi connectivity index (χ0v) is 13.3. The molecular weight excluding hydrogens is 386 g/mol. The average Bonchev–Trinajstić information content (AvgIpc) is 2.91. The Kier molecular flexibility index (Phi) is 3.58. The molecule has 4 nitrogen and oxygen atoms in total. The summed E-state index contributed by atoms with van der Waals surface area (Å²) in [5, 5.41) is 10.7. The monoisotopic (exact) mass is 393 g/mol. The molecule has 0 spiro atoms. The van der Waals surface area contributed by atoms with Crippen LogP contribution in [0.1, 0.15) is 10.4 Å². The molecule has 1 aromatic heterocycles. The second-order valence-electron chi connectivity index (χ2n) is 4.22. The number of aromatic amines is 1. The fraction of sp³-hybridized carbons (Fsp3) is 0. The Morgan fingerprint density at radius 3 is 2.90 bits per heavy atom. The predicted molar refractivity (Wildman–Crippen MR) is 85.9 cm³/mol. The zero-order chi connectivity index (χ0) is 14.1. The molecule has 0 atom stereocenters. The number of carbonyl (C=O) groups excluding carboxylic acids is 1. The smallest absolute Gasteiger partial charge is 0.256 e. The fourth-order valence-corrected chi connectivity index (χ4v) is 2.72. The highest BCUT2D eigenvalue weighted by molar-refractivity contribution is 9.11. The Morgan fingerprint density at radius 1 is 1.20 bits per heavy atom. The number of benzene rings is 2. The minimum atomic E-state index is -0.180. The normalized spacial score (nSPS) is 10.7. The van der Waals surface area contributed by atoms with Crippen LogP contribution in [0.25, 0.3) is 10.9 Å². The number of H-pyrrole nitrogens is 1. The van der Waals surface area contributed by atoms with E-state index < -0.39 is 0 Å². The first kappa shape index (κ1) is 13.3. The van der Waals surface area contributed by atoms with Gasteiger partial charge in [0.2, 0.25) is 0 Å². The first-order valence-corrected chi connectivity index (χ1v) is 7.42. The minimum absolute atomic E-state index is 0.180. The van der Waals surface area contributed by atoms with Gasteiger partial charge in [0.05, 0.1) is 23.0 Å². The summed E-state index contributed by atoms with van der Waals surface area (Å²) < 4.78 is 1.60. The van der Waals surface area contributed by atoms with Gasteiger partial charge >= 0.3 is 0 Å². The van der Waals surface area contributed by atoms with E-state index in [4.69, 9.17) is 0 Å². The average molecular weight is 395 g/mol. The van der Waals surface area contributed by atoms with Gasteiger partial charge in [-0.15, -0.1) is 0 Å². The van der Waals surface area contributed by atoms with Crippen LogP contribution in [0.15, 0.2) is 51.5 Å². The molecule has 1 amide bonds. The standard InChI is InChI=1S/C14H9Br2N3O/c15-9-4-5-11(16)10(6-9)14(20)18-12-3-1-2-8-7-17-19-13(8)12/h1-7H,(H,17,19)(H,18,20). The van der Waals surface area contributed by atoms with Crippen molar-refractivity contribution in [1.29, 1.82) is 0 Å². The van der Waals surface area contributed by atoms with E-state index in [1.807, 2.05) is 30.3 Å². The first-order valence-electron chi connectivity index (χ1n) is 5.83. The molecule has 3 rings (SSSR count). The largest absolute Gasteiger partial charge is 0.320 e. The van der Waals surface area contributed by atoms with Crippen molar-refractivity contribution in [1.82, 2.24) is 10.2 Å². The van der Waals surface area contributed by atoms with E-state index in [1.165, 1.54) is 0 Å². The van der Waals surface area contributed by atoms with Gasteiger partial charge in [0, 0.05) is 14.3 Å². The van der Waals surface area contributed by atoms with E-state index in [0.29, 0.717) is 11.3 Å². The number of carbonyl (C=O) groups is 1. The van der Waals surface area contributed by atoms with E-state index in [0.717, 1.165) is 19.8 Å². The zero-order valence-electron chi connectivity index (χ0n) is 10.2. The van der Waals surface area contributed by atoms with E-state index in [2.05, 4.69) is 47.4 Å². The molecule has 6 heteroatoms. The Bertz CT molecular complexity index is 798. The van der Waals surface area contributed by atoms with E-state index in [-0.39, 0.29) is 5.91 Å². The maximum absolute atomic E-state index is 12.4. The molecule has 1 heterocycles. The van der Waals surface area contributed by atoms with Crippen LogP contribution in [0.4, 0.5) is 5.69 Å². The summed E-state index contributed by atoms with van der Waals surface area (Å²) in [6.07, 6.45) is 1.72. The lowest BCUT2D eigenvalue weighted by atomic mass is 10.2. The van der Waals surface area contributed by atoms with Crippen molar-refractivity contribution >= 4 is 54.4 Å². The summed E-state index contributed by atoms with van der Waals surface area (Å²) in [7, 11) is 0. The SMILES string of the molecule is O=C(Nc1cccc2cn[nH]c12)c1cc(Br)ccc1Br. The number of anilines is 1. The van der Waals surface area contributed by atoms with Crippen LogP contribution in [0, 0.1) is 0 Å². The number of aromatic nitrogens is 2. The van der Waals surface area contributed by atoms with Crippen molar-refractivity contribution < 1.29 is 4.79 Å². The number of rotatable bonds is 2. The molecule has 0 aliphatic rings. The molecule has 0 aliphatic carbocycles. The Hall–Kier alpha value is -1.66. The van der Waals surface area contributed by atoms with Crippen molar-refractivity contribution in [2.24, 2.45) is 0 Å². The van der Waals surface area contributed by atoms with Crippen LogP contribution in [0.2, 0.25) is 0 Å². The number of para-hydroxylation sites is 1. The van der Waals surface area contributed by atoms with Gasteiger partial charge in [0.1, 0.15) is 0 Å². The van der Waals surface area contributed by atoms with Gasteiger partial charge in [-0.3, -0.25) is 9.89 Å². The van der Waals surface area contributed by atoms with Crippen LogP contribution in [-0.4, -0.2) is 16.1 Å². The molecular formula is C14H9Br2N3O. The summed E-state index contributed by atoms with van der Waals surface area (Å²) in [5.74, 6) is -0.180. The second kappa shape index (κ2) is 5.38. The number of hydrogen-bond donors (Lipinski definition) is 2. The third-order valence-electron chi connectivity index (χ3n) is 2.90. The maximum Gasteiger partial charge on any atom is 0.256 e. The third-order valence-corrected chi connectivity index (χ3v) is 4.08. The molecule has 0 saturated heterocycles. The van der Waals surface area contributed by atoms with Gasteiger partial charge < -0.3 is 5.32 Å². The summed E-state index contributed by atoms with van der Waals surface area (Å²) in [5.41, 5.74) is 2.08. The molecule has 0 aliphatic heterocycles. The van der Waals surface area contributed by atoms with Crippen molar-refractivity contribution in [3.05, 3.63) is 57.1 Å². The number of nitrogens with one attached hydrogen (secondary N) is 2. The number of amides is 1. The highest BCUT2D eigenvalue weighted by Crippen LogP contribution is 2.25. The lowest BCUT2D eigenvalue weighted by Crippen LogP contribution is -2.12. The molecule has 0 saturated carbocycles. The third kappa shape index (κ3) is 2.48. The van der Waals surface area contributed by atoms with E-state index in [1.54, 1.807) is 12.3 Å². The molecule has 2 aromatic carbocycles. The minimum Gasteiger partial charge on any atom is -0.320 e. The van der Waals surface area contributed by atoms with E-state index >= 15 is 0 Å². The summed E-state index contributed by atoms with van der Waals surface area (Å²) in [4.78, 5) is 12.4. The van der Waals surface area contributed by atoms with Crippen LogP contribution in [0.5, 0.6) is 0 Å². The predicted octanol–water partition coefficient (Wildman–Crippen LogP) is 4.34. The number of hydrogen-bond acceptors (Lipinski definition) is 2. The highest BCUT2D eigenvalue weighted by atomic mass is 79.9. The summed E-state index contributed by atoms with van der Waals surface area (Å²) >= 11 is 6.75. The van der Waals surface area contributed by atoms with Crippen LogP contribution in [0.3, 0.4) is 0 Å². The quantitative estimate of drug-likeness (QED) is 0.679. The second-order valence-corrected chi connectivity index (χ2v) is 5.99. The molecule has 0 unspecified atom stereocenters. The van der Waals surface area contributed by atoms with Crippen molar-refractivity contribution in [2.45, 2.75) is 0 Å². The molecule has 20 heavy (non-hydrogen) atoms. The van der Waals surface area contributed by atoms with Gasteiger partial charge in [-0.25, -0.2) is 0 Å². The van der Waals surface area contributed by atoms with Crippen molar-refractivity contribution in [3.8, 4) is 0 Å². The number of nitrogens with zero attached hydrogens (tertiary/aromatic N) is 1. The van der Waals surface area contributed by atoms with Gasteiger partial charge in [0.25, 0.3) is 5.91 Å².